The van der Waals surface area contributed by atoms with E-state index in [2.05, 4.69) is 35.6 Å². The van der Waals surface area contributed by atoms with Gasteiger partial charge in [0.1, 0.15) is 17.4 Å². The summed E-state index contributed by atoms with van der Waals surface area (Å²) in [5, 5.41) is 2.84. The van der Waals surface area contributed by atoms with E-state index in [9.17, 15) is 9.59 Å². The van der Waals surface area contributed by atoms with Gasteiger partial charge < -0.3 is 19.7 Å². The lowest BCUT2D eigenvalue weighted by molar-refractivity contribution is -0.129. The topological polar surface area (TPSA) is 67.9 Å². The third-order valence-electron chi connectivity index (χ3n) is 6.23. The third-order valence-corrected chi connectivity index (χ3v) is 6.23. The van der Waals surface area contributed by atoms with Crippen molar-refractivity contribution in [2.24, 2.45) is 5.92 Å². The van der Waals surface area contributed by atoms with Crippen LogP contribution in [0.15, 0.2) is 60.7 Å². The molecule has 162 valence electrons. The van der Waals surface area contributed by atoms with Crippen LogP contribution in [0.25, 0.3) is 11.1 Å². The van der Waals surface area contributed by atoms with E-state index in [0.717, 1.165) is 12.1 Å². The number of hydrogen-bond donors (Lipinski definition) is 1. The Morgan fingerprint density at radius 3 is 2.41 bits per heavy atom. The highest BCUT2D eigenvalue weighted by atomic mass is 16.5. The van der Waals surface area contributed by atoms with E-state index >= 15 is 0 Å². The van der Waals surface area contributed by atoms with Gasteiger partial charge in [-0.1, -0.05) is 30.3 Å². The van der Waals surface area contributed by atoms with Crippen LogP contribution >= 0.6 is 0 Å². The fourth-order valence-electron chi connectivity index (χ4n) is 4.59. The number of anilines is 2. The van der Waals surface area contributed by atoms with E-state index in [-0.39, 0.29) is 11.8 Å². The number of carbonyl (C=O) groups is 2. The van der Waals surface area contributed by atoms with Crippen LogP contribution in [0, 0.1) is 5.92 Å². The molecule has 3 aromatic rings. The van der Waals surface area contributed by atoms with Gasteiger partial charge in [-0.2, -0.15) is 0 Å². The second-order valence-corrected chi connectivity index (χ2v) is 8.10. The Morgan fingerprint density at radius 2 is 1.66 bits per heavy atom. The number of ether oxygens (including phenoxy) is 2. The number of rotatable bonds is 5. The Kier molecular flexibility index (Phi) is 5.05. The summed E-state index contributed by atoms with van der Waals surface area (Å²) in [6.07, 6.45) is 1.34. The summed E-state index contributed by atoms with van der Waals surface area (Å²) < 4.78 is 10.5. The van der Waals surface area contributed by atoms with Crippen LogP contribution in [0.2, 0.25) is 0 Å². The summed E-state index contributed by atoms with van der Waals surface area (Å²) in [6, 6.07) is 19.7. The minimum absolute atomic E-state index is 0.173. The summed E-state index contributed by atoms with van der Waals surface area (Å²) in [4.78, 5) is 27.7. The van der Waals surface area contributed by atoms with Crippen molar-refractivity contribution in [1.29, 1.82) is 0 Å². The number of methoxy groups -OCH3 is 2. The van der Waals surface area contributed by atoms with Gasteiger partial charge in [0.2, 0.25) is 11.8 Å². The summed E-state index contributed by atoms with van der Waals surface area (Å²) in [6.45, 7) is 0.518. The maximum atomic E-state index is 13.1. The molecule has 32 heavy (non-hydrogen) atoms. The Balaban J connectivity index is 1.32. The number of fused-ring (bicyclic) bond motifs is 3. The molecule has 1 saturated heterocycles. The largest absolute Gasteiger partial charge is 0.497 e. The van der Waals surface area contributed by atoms with Crippen molar-refractivity contribution in [2.45, 2.75) is 12.8 Å². The first kappa shape index (κ1) is 20.1. The van der Waals surface area contributed by atoms with Crippen LogP contribution in [0.1, 0.15) is 17.5 Å². The number of nitrogens with zero attached hydrogens (tertiary/aromatic N) is 1. The smallest absolute Gasteiger partial charge is 0.239 e. The molecule has 5 rings (SSSR count). The number of amides is 2. The highest BCUT2D eigenvalue weighted by molar-refractivity contribution is 6.13. The van der Waals surface area contributed by atoms with Gasteiger partial charge in [0.25, 0.3) is 0 Å². The summed E-state index contributed by atoms with van der Waals surface area (Å²) >= 11 is 0. The predicted octanol–water partition coefficient (Wildman–Crippen LogP) is 4.27. The zero-order valence-electron chi connectivity index (χ0n) is 18.1. The lowest BCUT2D eigenvalue weighted by atomic mass is 10.1. The molecule has 6 heteroatoms. The molecule has 1 unspecified atom stereocenters. The molecular formula is C26H24N2O4. The molecule has 2 aliphatic rings. The second-order valence-electron chi connectivity index (χ2n) is 8.10. The molecule has 0 saturated carbocycles. The van der Waals surface area contributed by atoms with Crippen molar-refractivity contribution >= 4 is 23.2 Å². The Bertz CT molecular complexity index is 1200. The van der Waals surface area contributed by atoms with Crippen LogP contribution in [0.4, 0.5) is 11.4 Å². The van der Waals surface area contributed by atoms with Crippen molar-refractivity contribution in [2.75, 3.05) is 31.0 Å². The highest BCUT2D eigenvalue weighted by Gasteiger charge is 2.38. The quantitative estimate of drug-likeness (QED) is 0.482. The van der Waals surface area contributed by atoms with Gasteiger partial charge in [0.05, 0.1) is 14.2 Å². The maximum absolute atomic E-state index is 13.1. The average Bonchev–Trinajstić information content (AvgIpc) is 3.38. The van der Waals surface area contributed by atoms with Gasteiger partial charge in [-0.05, 0) is 47.2 Å². The molecule has 0 bridgehead atoms. The Morgan fingerprint density at radius 1 is 0.938 bits per heavy atom. The third kappa shape index (κ3) is 3.47. The average molecular weight is 428 g/mol. The van der Waals surface area contributed by atoms with Crippen LogP contribution in [0.5, 0.6) is 11.5 Å². The molecule has 1 N–H and O–H groups in total. The van der Waals surface area contributed by atoms with E-state index in [1.165, 1.54) is 22.3 Å². The minimum atomic E-state index is -0.724. The first-order chi connectivity index (χ1) is 15.6. The first-order valence-corrected chi connectivity index (χ1v) is 10.6. The number of nitrogens with one attached hydrogen (secondary N) is 1. The maximum Gasteiger partial charge on any atom is 0.239 e. The fraction of sp³-hybridized carbons (Fsp3) is 0.231. The van der Waals surface area contributed by atoms with Crippen molar-refractivity contribution < 1.29 is 19.1 Å². The van der Waals surface area contributed by atoms with Crippen molar-refractivity contribution in [3.63, 3.8) is 0 Å². The molecule has 1 aliphatic heterocycles. The van der Waals surface area contributed by atoms with Gasteiger partial charge in [0.15, 0.2) is 0 Å². The van der Waals surface area contributed by atoms with Crippen LogP contribution in [0.3, 0.4) is 0 Å². The molecule has 1 atom stereocenters. The molecule has 1 fully saturated rings. The van der Waals surface area contributed by atoms with Crippen molar-refractivity contribution in [3.8, 4) is 22.6 Å². The van der Waals surface area contributed by atoms with Gasteiger partial charge in [-0.25, -0.2) is 0 Å². The summed E-state index contributed by atoms with van der Waals surface area (Å²) in [5.74, 6) is -0.0804. The van der Waals surface area contributed by atoms with E-state index in [4.69, 9.17) is 9.47 Å². The fourth-order valence-corrected chi connectivity index (χ4v) is 4.59. The molecule has 6 nitrogen and oxygen atoms in total. The molecule has 1 aliphatic carbocycles. The molecule has 1 heterocycles. The Labute approximate surface area is 186 Å². The van der Waals surface area contributed by atoms with Crippen LogP contribution in [-0.4, -0.2) is 32.6 Å². The number of carbonyl (C=O) groups excluding carboxylic acids is 2. The van der Waals surface area contributed by atoms with Gasteiger partial charge >= 0.3 is 0 Å². The standard InChI is InChI=1S/C26H24N2O4/c1-31-20-13-18(14-21(15-20)32-2)27-25(29)24-9-10-28(26(24)30)19-7-8-23-17(12-19)11-16-5-3-4-6-22(16)23/h3-8,12-15,24H,9-11H2,1-2H3,(H,27,29). The lowest BCUT2D eigenvalue weighted by Crippen LogP contribution is -2.33. The van der Waals surface area contributed by atoms with Gasteiger partial charge in [-0.15, -0.1) is 0 Å². The molecule has 0 spiro atoms. The van der Waals surface area contributed by atoms with Crippen LogP contribution in [-0.2, 0) is 16.0 Å². The van der Waals surface area contributed by atoms with Gasteiger partial charge in [-0.3, -0.25) is 9.59 Å². The van der Waals surface area contributed by atoms with Crippen LogP contribution < -0.4 is 19.7 Å². The molecule has 0 aromatic heterocycles. The molecular weight excluding hydrogens is 404 g/mol. The normalized spacial score (nSPS) is 16.5. The summed E-state index contributed by atoms with van der Waals surface area (Å²) in [7, 11) is 3.10. The minimum Gasteiger partial charge on any atom is -0.497 e. The zero-order valence-corrected chi connectivity index (χ0v) is 18.1. The van der Waals surface area contributed by atoms with E-state index in [1.807, 2.05) is 12.1 Å². The van der Waals surface area contributed by atoms with E-state index in [0.29, 0.717) is 30.2 Å². The van der Waals surface area contributed by atoms with Crippen molar-refractivity contribution in [3.05, 3.63) is 71.8 Å². The van der Waals surface area contributed by atoms with E-state index in [1.54, 1.807) is 37.3 Å². The SMILES string of the molecule is COc1cc(NC(=O)C2CCN(c3ccc4c(c3)Cc3ccccc3-4)C2=O)cc(OC)c1. The van der Waals surface area contributed by atoms with Gasteiger partial charge in [0, 0.05) is 36.1 Å². The number of benzene rings is 3. The zero-order chi connectivity index (χ0) is 22.2. The van der Waals surface area contributed by atoms with Crippen molar-refractivity contribution in [1.82, 2.24) is 0 Å². The van der Waals surface area contributed by atoms with E-state index < -0.39 is 5.92 Å². The predicted molar refractivity (Wildman–Crippen MR) is 123 cm³/mol. The Hall–Kier alpha value is -3.80. The second kappa shape index (κ2) is 8.04. The molecule has 2 amide bonds. The lowest BCUT2D eigenvalue weighted by Gasteiger charge is -2.18. The summed E-state index contributed by atoms with van der Waals surface area (Å²) in [5.41, 5.74) is 6.38. The highest BCUT2D eigenvalue weighted by Crippen LogP contribution is 2.39. The molecule has 3 aromatic carbocycles. The first-order valence-electron chi connectivity index (χ1n) is 10.6. The number of hydrogen-bond acceptors (Lipinski definition) is 4. The monoisotopic (exact) mass is 428 g/mol. The molecule has 0 radical (unpaired) electrons.